The molecule has 0 fully saturated rings. The van der Waals surface area contributed by atoms with Crippen LogP contribution in [0.2, 0.25) is 0 Å². The van der Waals surface area contributed by atoms with E-state index in [9.17, 15) is 0 Å². The smallest absolute Gasteiger partial charge is 0.358 e. The fourth-order valence-electron chi connectivity index (χ4n) is 0.534. The minimum Gasteiger partial charge on any atom is -0.358 e. The van der Waals surface area contributed by atoms with Crippen LogP contribution in [-0.4, -0.2) is 0 Å². The van der Waals surface area contributed by atoms with Crippen LogP contribution in [0.5, 0.6) is 0 Å². The van der Waals surface area contributed by atoms with E-state index in [2.05, 4.69) is 39.8 Å². The molecule has 0 nitrogen and oxygen atoms in total. The Morgan fingerprint density at radius 1 is 1.00 bits per heavy atom. The largest absolute Gasteiger partial charge is 2.00 e. The van der Waals surface area contributed by atoms with Gasteiger partial charge in [0.1, 0.15) is 0 Å². The summed E-state index contributed by atoms with van der Waals surface area (Å²) in [6, 6.07) is 10.3. The topological polar surface area (TPSA) is 0 Å². The zero-order valence-electron chi connectivity index (χ0n) is 11.0. The van der Waals surface area contributed by atoms with Crippen LogP contribution in [-0.2, 0) is 19.5 Å². The van der Waals surface area contributed by atoms with Crippen molar-refractivity contribution < 1.29 is 19.5 Å². The Morgan fingerprint density at radius 3 is 1.47 bits per heavy atom. The number of aryl methyl sites for hydroxylation is 1. The molecule has 1 aromatic carbocycles. The summed E-state index contributed by atoms with van der Waals surface area (Å²) in [5.74, 6) is 0.884. The van der Waals surface area contributed by atoms with Crippen LogP contribution in [0.1, 0.15) is 32.8 Å². The molecule has 1 aromatic rings. The van der Waals surface area contributed by atoms with Crippen LogP contribution in [0.25, 0.3) is 0 Å². The van der Waals surface area contributed by atoms with Gasteiger partial charge < -0.3 is 14.9 Å². The maximum atomic E-state index is 2.22. The summed E-state index contributed by atoms with van der Waals surface area (Å²) >= 11 is 0. The van der Waals surface area contributed by atoms with Gasteiger partial charge in [0.25, 0.3) is 0 Å². The molecule has 90 valence electrons. The zero-order chi connectivity index (χ0) is 9.40. The maximum Gasteiger partial charge on any atom is 2.00 e. The van der Waals surface area contributed by atoms with E-state index in [0.717, 1.165) is 5.92 Å². The molecule has 0 heterocycles. The van der Waals surface area contributed by atoms with Gasteiger partial charge in [0.15, 0.2) is 0 Å². The summed E-state index contributed by atoms with van der Waals surface area (Å²) < 4.78 is 0. The summed E-state index contributed by atoms with van der Waals surface area (Å²) in [6.45, 7) is 8.73. The van der Waals surface area contributed by atoms with Crippen LogP contribution in [0, 0.1) is 27.7 Å². The zero-order valence-corrected chi connectivity index (χ0v) is 12.8. The third-order valence-corrected chi connectivity index (χ3v) is 1.76. The molecule has 1 heteroatoms. The van der Waals surface area contributed by atoms with Crippen LogP contribution in [0.15, 0.2) is 30.3 Å². The van der Waals surface area contributed by atoms with Crippen molar-refractivity contribution in [3.63, 3.8) is 0 Å². The first kappa shape index (κ1) is 24.2. The van der Waals surface area contributed by atoms with Gasteiger partial charge >= 0.3 is 19.5 Å². The number of hydrogen-bond acceptors (Lipinski definition) is 0. The average Bonchev–Trinajstić information content (AvgIpc) is 2.07. The molecule has 0 radical (unpaired) electrons. The van der Waals surface area contributed by atoms with Crippen LogP contribution >= 0.6 is 0 Å². The fourth-order valence-corrected chi connectivity index (χ4v) is 0.534. The Morgan fingerprint density at radius 2 is 1.33 bits per heavy atom. The second-order valence-electron chi connectivity index (χ2n) is 3.46. The second kappa shape index (κ2) is 16.3. The molecule has 0 N–H and O–H groups in total. The molecule has 0 aliphatic carbocycles. The monoisotopic (exact) mass is 296 g/mol. The van der Waals surface area contributed by atoms with Gasteiger partial charge in [-0.2, -0.15) is 0 Å². The SMILES string of the molecule is CCC(C)C.Cc1ccccc1.[CH3-].[CH3-].[Ru+2]. The minimum absolute atomic E-state index is 0. The summed E-state index contributed by atoms with van der Waals surface area (Å²) in [4.78, 5) is 0. The van der Waals surface area contributed by atoms with E-state index in [1.807, 2.05) is 18.2 Å². The Kier molecular flexibility index (Phi) is 26.3. The normalized spacial score (nSPS) is 7.27. The van der Waals surface area contributed by atoms with Crippen molar-refractivity contribution >= 4 is 0 Å². The van der Waals surface area contributed by atoms with Crippen molar-refractivity contribution in [3.05, 3.63) is 50.7 Å². The number of hydrogen-bond donors (Lipinski definition) is 0. The standard InChI is InChI=1S/C7H8.C5H12.2CH3.Ru/c1-7-5-3-2-4-6-7;1-4-5(2)3;;;/h2-6H,1H3;5H,4H2,1-3H3;2*1H3;/q;;2*-1;+2. The van der Waals surface area contributed by atoms with Gasteiger partial charge in [0.05, 0.1) is 0 Å². The summed E-state index contributed by atoms with van der Waals surface area (Å²) in [7, 11) is 0. The third kappa shape index (κ3) is 20.0. The molecule has 1 rings (SSSR count). The molecule has 0 atom stereocenters. The van der Waals surface area contributed by atoms with Crippen molar-refractivity contribution in [2.24, 2.45) is 5.92 Å². The summed E-state index contributed by atoms with van der Waals surface area (Å²) in [5.41, 5.74) is 1.32. The van der Waals surface area contributed by atoms with E-state index in [1.54, 1.807) is 0 Å². The molecule has 0 amide bonds. The predicted octanol–water partition coefficient (Wildman–Crippen LogP) is 4.95. The number of rotatable bonds is 1. The quantitative estimate of drug-likeness (QED) is 0.508. The Hall–Kier alpha value is -0.157. The molecule has 0 saturated carbocycles. The van der Waals surface area contributed by atoms with E-state index in [-0.39, 0.29) is 34.3 Å². The third-order valence-electron chi connectivity index (χ3n) is 1.76. The Labute approximate surface area is 110 Å². The van der Waals surface area contributed by atoms with E-state index < -0.39 is 0 Å². The van der Waals surface area contributed by atoms with Crippen LogP contribution < -0.4 is 0 Å². The summed E-state index contributed by atoms with van der Waals surface area (Å²) in [6.07, 6.45) is 1.31. The first-order valence-electron chi connectivity index (χ1n) is 4.68. The van der Waals surface area contributed by atoms with Gasteiger partial charge in [0.2, 0.25) is 0 Å². The number of benzene rings is 1. The van der Waals surface area contributed by atoms with Crippen molar-refractivity contribution in [3.8, 4) is 0 Å². The van der Waals surface area contributed by atoms with Gasteiger partial charge in [-0.25, -0.2) is 0 Å². The molecule has 0 aromatic heterocycles. The van der Waals surface area contributed by atoms with Gasteiger partial charge in [-0.1, -0.05) is 63.1 Å². The van der Waals surface area contributed by atoms with E-state index in [0.29, 0.717) is 0 Å². The van der Waals surface area contributed by atoms with Crippen molar-refractivity contribution in [2.45, 2.75) is 34.1 Å². The molecule has 0 spiro atoms. The fraction of sp³-hybridized carbons (Fsp3) is 0.429. The molecule has 0 aliphatic heterocycles. The van der Waals surface area contributed by atoms with Gasteiger partial charge in [-0.05, 0) is 12.8 Å². The van der Waals surface area contributed by atoms with Crippen LogP contribution in [0.4, 0.5) is 0 Å². The molecule has 0 saturated heterocycles. The molecular weight excluding hydrogens is 269 g/mol. The first-order valence-corrected chi connectivity index (χ1v) is 4.68. The molecular formula is C14H26Ru. The second-order valence-corrected chi connectivity index (χ2v) is 3.46. The Balaban J connectivity index is -0.0000000701. The molecule has 15 heavy (non-hydrogen) atoms. The minimum atomic E-state index is 0. The van der Waals surface area contributed by atoms with Crippen molar-refractivity contribution in [2.75, 3.05) is 0 Å². The maximum absolute atomic E-state index is 2.22. The average molecular weight is 295 g/mol. The van der Waals surface area contributed by atoms with Crippen molar-refractivity contribution in [1.29, 1.82) is 0 Å². The van der Waals surface area contributed by atoms with Gasteiger partial charge in [-0.15, -0.1) is 0 Å². The van der Waals surface area contributed by atoms with E-state index >= 15 is 0 Å². The summed E-state index contributed by atoms with van der Waals surface area (Å²) in [5, 5.41) is 0. The molecule has 0 aliphatic rings. The predicted molar refractivity (Wildman–Crippen MR) is 69.1 cm³/mol. The molecule has 0 bridgehead atoms. The van der Waals surface area contributed by atoms with E-state index in [1.165, 1.54) is 12.0 Å². The van der Waals surface area contributed by atoms with Gasteiger partial charge in [0, 0.05) is 0 Å². The Bertz CT molecular complexity index is 180. The van der Waals surface area contributed by atoms with Crippen LogP contribution in [0.3, 0.4) is 0 Å². The van der Waals surface area contributed by atoms with Gasteiger partial charge in [-0.3, -0.25) is 0 Å². The van der Waals surface area contributed by atoms with E-state index in [4.69, 9.17) is 0 Å². The first-order chi connectivity index (χ1) is 5.66. The van der Waals surface area contributed by atoms with Crippen molar-refractivity contribution in [1.82, 2.24) is 0 Å². The molecule has 0 unspecified atom stereocenters.